The number of rotatable bonds is 1. The van der Waals surface area contributed by atoms with E-state index in [4.69, 9.17) is 0 Å². The first-order valence-corrected chi connectivity index (χ1v) is 3.59. The molecule has 0 amide bonds. The van der Waals surface area contributed by atoms with Crippen molar-refractivity contribution in [3.8, 4) is 0 Å². The molecule has 0 radical (unpaired) electrons. The Bertz CT molecular complexity index is 247. The first-order valence-electron chi connectivity index (χ1n) is 3.59. The van der Waals surface area contributed by atoms with Gasteiger partial charge in [0.2, 0.25) is 0 Å². The van der Waals surface area contributed by atoms with Gasteiger partial charge in [0.05, 0.1) is 0 Å². The van der Waals surface area contributed by atoms with Crippen molar-refractivity contribution in [2.24, 2.45) is 0 Å². The van der Waals surface area contributed by atoms with Crippen LogP contribution in [0.25, 0.3) is 0 Å². The molecule has 1 saturated carbocycles. The summed E-state index contributed by atoms with van der Waals surface area (Å²) in [5.41, 5.74) is 0.355. The van der Waals surface area contributed by atoms with Crippen LogP contribution in [-0.4, -0.2) is 14.8 Å². The SMILES string of the molecule is Cc1nncn1C1(C)CC1. The van der Waals surface area contributed by atoms with Crippen molar-refractivity contribution < 1.29 is 0 Å². The molecular weight excluding hydrogens is 126 g/mol. The summed E-state index contributed by atoms with van der Waals surface area (Å²) in [6, 6.07) is 0. The van der Waals surface area contributed by atoms with E-state index in [1.54, 1.807) is 0 Å². The highest BCUT2D eigenvalue weighted by molar-refractivity contribution is 5.01. The summed E-state index contributed by atoms with van der Waals surface area (Å²) < 4.78 is 2.16. The first-order chi connectivity index (χ1) is 4.72. The number of hydrogen-bond acceptors (Lipinski definition) is 2. The molecule has 0 atom stereocenters. The summed E-state index contributed by atoms with van der Waals surface area (Å²) in [5, 5.41) is 7.78. The molecule has 0 aromatic carbocycles. The van der Waals surface area contributed by atoms with E-state index in [9.17, 15) is 0 Å². The zero-order chi connectivity index (χ0) is 7.19. The molecule has 1 aromatic heterocycles. The molecule has 0 N–H and O–H groups in total. The summed E-state index contributed by atoms with van der Waals surface area (Å²) in [5.74, 6) is 1.03. The maximum absolute atomic E-state index is 3.94. The lowest BCUT2D eigenvalue weighted by Gasteiger charge is -2.09. The van der Waals surface area contributed by atoms with Crippen LogP contribution >= 0.6 is 0 Å². The van der Waals surface area contributed by atoms with Crippen molar-refractivity contribution in [3.05, 3.63) is 12.2 Å². The lowest BCUT2D eigenvalue weighted by molar-refractivity contribution is 0.516. The van der Waals surface area contributed by atoms with E-state index in [2.05, 4.69) is 21.7 Å². The molecule has 1 heterocycles. The molecule has 0 aliphatic heterocycles. The highest BCUT2D eigenvalue weighted by Gasteiger charge is 2.40. The van der Waals surface area contributed by atoms with E-state index < -0.39 is 0 Å². The molecule has 1 fully saturated rings. The maximum Gasteiger partial charge on any atom is 0.130 e. The number of aryl methyl sites for hydroxylation is 1. The van der Waals surface area contributed by atoms with Gasteiger partial charge >= 0.3 is 0 Å². The van der Waals surface area contributed by atoms with Crippen molar-refractivity contribution in [2.75, 3.05) is 0 Å². The maximum atomic E-state index is 3.94. The van der Waals surface area contributed by atoms with Crippen LogP contribution in [0.3, 0.4) is 0 Å². The fraction of sp³-hybridized carbons (Fsp3) is 0.714. The third-order valence-corrected chi connectivity index (χ3v) is 2.27. The predicted molar refractivity (Wildman–Crippen MR) is 37.6 cm³/mol. The predicted octanol–water partition coefficient (Wildman–Crippen LogP) is 1.10. The zero-order valence-electron chi connectivity index (χ0n) is 6.33. The van der Waals surface area contributed by atoms with Gasteiger partial charge in [0.25, 0.3) is 0 Å². The molecule has 54 valence electrons. The van der Waals surface area contributed by atoms with Crippen molar-refractivity contribution in [1.82, 2.24) is 14.8 Å². The normalized spacial score (nSPS) is 21.0. The average Bonchev–Trinajstić information content (AvgIpc) is 2.44. The molecule has 0 saturated heterocycles. The van der Waals surface area contributed by atoms with Crippen molar-refractivity contribution in [3.63, 3.8) is 0 Å². The molecule has 2 rings (SSSR count). The minimum Gasteiger partial charge on any atom is -0.312 e. The van der Waals surface area contributed by atoms with Gasteiger partial charge in [-0.3, -0.25) is 0 Å². The molecule has 0 unspecified atom stereocenters. The van der Waals surface area contributed by atoms with Crippen LogP contribution in [-0.2, 0) is 5.54 Å². The van der Waals surface area contributed by atoms with Gasteiger partial charge in [-0.05, 0) is 26.7 Å². The van der Waals surface area contributed by atoms with Crippen molar-refractivity contribution in [2.45, 2.75) is 32.2 Å². The molecule has 0 spiro atoms. The topological polar surface area (TPSA) is 30.7 Å². The summed E-state index contributed by atoms with van der Waals surface area (Å²) in [4.78, 5) is 0. The van der Waals surface area contributed by atoms with Crippen LogP contribution in [0, 0.1) is 6.92 Å². The van der Waals surface area contributed by atoms with Gasteiger partial charge in [-0.2, -0.15) is 0 Å². The smallest absolute Gasteiger partial charge is 0.130 e. The van der Waals surface area contributed by atoms with Crippen LogP contribution in [0.4, 0.5) is 0 Å². The van der Waals surface area contributed by atoms with Gasteiger partial charge in [0.1, 0.15) is 12.2 Å². The average molecular weight is 137 g/mol. The summed E-state index contributed by atoms with van der Waals surface area (Å²) >= 11 is 0. The Kier molecular flexibility index (Phi) is 0.938. The summed E-state index contributed by atoms with van der Waals surface area (Å²) in [7, 11) is 0. The highest BCUT2D eigenvalue weighted by Crippen LogP contribution is 2.42. The quantitative estimate of drug-likeness (QED) is 0.580. The third kappa shape index (κ3) is 0.664. The van der Waals surface area contributed by atoms with Gasteiger partial charge in [0, 0.05) is 5.54 Å². The lowest BCUT2D eigenvalue weighted by Crippen LogP contribution is -2.12. The van der Waals surface area contributed by atoms with Gasteiger partial charge in [0.15, 0.2) is 0 Å². The molecule has 0 bridgehead atoms. The molecule has 10 heavy (non-hydrogen) atoms. The Labute approximate surface area is 60.1 Å². The second kappa shape index (κ2) is 1.59. The standard InChI is InChI=1S/C7H11N3/c1-6-9-8-5-10(6)7(2)3-4-7/h5H,3-4H2,1-2H3. The van der Waals surface area contributed by atoms with Gasteiger partial charge < -0.3 is 4.57 Å². The molecule has 3 heteroatoms. The monoisotopic (exact) mass is 137 g/mol. The second-order valence-electron chi connectivity index (χ2n) is 3.25. The number of nitrogens with zero attached hydrogens (tertiary/aromatic N) is 3. The van der Waals surface area contributed by atoms with Crippen LogP contribution < -0.4 is 0 Å². The van der Waals surface area contributed by atoms with Gasteiger partial charge in [-0.1, -0.05) is 0 Å². The van der Waals surface area contributed by atoms with E-state index in [-0.39, 0.29) is 0 Å². The van der Waals surface area contributed by atoms with E-state index in [0.717, 1.165) is 5.82 Å². The second-order valence-corrected chi connectivity index (χ2v) is 3.25. The highest BCUT2D eigenvalue weighted by atomic mass is 15.3. The van der Waals surface area contributed by atoms with Crippen molar-refractivity contribution >= 4 is 0 Å². The van der Waals surface area contributed by atoms with Gasteiger partial charge in [-0.25, -0.2) is 0 Å². The number of aromatic nitrogens is 3. The molecule has 1 aromatic rings. The molecular formula is C7H11N3. The summed E-state index contributed by atoms with van der Waals surface area (Å²) in [6.07, 6.45) is 4.36. The van der Waals surface area contributed by atoms with E-state index in [0.29, 0.717) is 5.54 Å². The van der Waals surface area contributed by atoms with Crippen molar-refractivity contribution in [1.29, 1.82) is 0 Å². The Balaban J connectivity index is 2.42. The largest absolute Gasteiger partial charge is 0.312 e. The van der Waals surface area contributed by atoms with Crippen LogP contribution in [0.15, 0.2) is 6.33 Å². The van der Waals surface area contributed by atoms with Crippen LogP contribution in [0.2, 0.25) is 0 Å². The van der Waals surface area contributed by atoms with Crippen LogP contribution in [0.1, 0.15) is 25.6 Å². The minimum absolute atomic E-state index is 0.355. The Morgan fingerprint density at radius 3 is 2.70 bits per heavy atom. The van der Waals surface area contributed by atoms with Gasteiger partial charge in [-0.15, -0.1) is 10.2 Å². The Hall–Kier alpha value is -0.860. The molecule has 1 aliphatic carbocycles. The first kappa shape index (κ1) is 5.89. The summed E-state index contributed by atoms with van der Waals surface area (Å²) in [6.45, 7) is 4.24. The minimum atomic E-state index is 0.355. The fourth-order valence-electron chi connectivity index (χ4n) is 1.24. The Morgan fingerprint density at radius 1 is 1.60 bits per heavy atom. The fourth-order valence-corrected chi connectivity index (χ4v) is 1.24. The molecule has 1 aliphatic rings. The van der Waals surface area contributed by atoms with E-state index >= 15 is 0 Å². The number of hydrogen-bond donors (Lipinski definition) is 0. The third-order valence-electron chi connectivity index (χ3n) is 2.27. The van der Waals surface area contributed by atoms with Crippen LogP contribution in [0.5, 0.6) is 0 Å². The van der Waals surface area contributed by atoms with E-state index in [1.165, 1.54) is 12.8 Å². The molecule has 3 nitrogen and oxygen atoms in total. The van der Waals surface area contributed by atoms with E-state index in [1.807, 2.05) is 13.3 Å². The zero-order valence-corrected chi connectivity index (χ0v) is 6.33. The Morgan fingerprint density at radius 2 is 2.30 bits per heavy atom. The lowest BCUT2D eigenvalue weighted by atomic mass is 10.3.